The van der Waals surface area contributed by atoms with E-state index in [4.69, 9.17) is 16.2 Å². The largest absolute Gasteiger partial charge is 0.488 e. The molecule has 1 amide bonds. The molecule has 1 aromatic carbocycles. The lowest BCUT2D eigenvalue weighted by molar-refractivity contribution is -0.385. The van der Waals surface area contributed by atoms with Crippen molar-refractivity contribution in [1.29, 1.82) is 0 Å². The Balaban J connectivity index is 2.81. The van der Waals surface area contributed by atoms with Gasteiger partial charge >= 0.3 is 0 Å². The van der Waals surface area contributed by atoms with Gasteiger partial charge in [-0.05, 0) is 13.0 Å². The molecule has 1 rings (SSSR count). The molecular weight excluding hydrogens is 245 g/mol. The molecule has 7 nitrogen and oxygen atoms in total. The third-order valence-electron chi connectivity index (χ3n) is 2.22. The molecule has 0 radical (unpaired) electrons. The highest BCUT2D eigenvalue weighted by atomic mass is 19.1. The monoisotopic (exact) mass is 257 g/mol. The second-order valence-corrected chi connectivity index (χ2v) is 3.94. The van der Waals surface area contributed by atoms with Crippen molar-refractivity contribution in [3.63, 3.8) is 0 Å². The number of nitrogens with zero attached hydrogens (tertiary/aromatic N) is 1. The van der Waals surface area contributed by atoms with Crippen LogP contribution in [0.5, 0.6) is 5.75 Å². The van der Waals surface area contributed by atoms with Crippen molar-refractivity contribution in [2.45, 2.75) is 12.5 Å². The first-order chi connectivity index (χ1) is 8.24. The van der Waals surface area contributed by atoms with Crippen LogP contribution in [0.15, 0.2) is 18.2 Å². The van der Waals surface area contributed by atoms with Crippen molar-refractivity contribution in [3.8, 4) is 5.75 Å². The maximum atomic E-state index is 13.4. The summed E-state index contributed by atoms with van der Waals surface area (Å²) in [6, 6.07) is 2.88. The Morgan fingerprint density at radius 3 is 2.67 bits per heavy atom. The Morgan fingerprint density at radius 2 is 2.22 bits per heavy atom. The Hall–Kier alpha value is -2.22. The van der Waals surface area contributed by atoms with Gasteiger partial charge in [0, 0.05) is 6.07 Å². The van der Waals surface area contributed by atoms with Gasteiger partial charge in [-0.2, -0.15) is 0 Å². The fourth-order valence-corrected chi connectivity index (χ4v) is 1.02. The highest BCUT2D eigenvalue weighted by Gasteiger charge is 2.27. The maximum Gasteiger partial charge on any atom is 0.272 e. The highest BCUT2D eigenvalue weighted by Crippen LogP contribution is 2.23. The SMILES string of the molecule is CC(N)(COc1ccc([N+](=O)[O-])cc1F)C(N)=O. The minimum absolute atomic E-state index is 0.237. The fourth-order valence-electron chi connectivity index (χ4n) is 1.02. The first-order valence-corrected chi connectivity index (χ1v) is 4.89. The number of hydrogen-bond acceptors (Lipinski definition) is 5. The van der Waals surface area contributed by atoms with Crippen LogP contribution < -0.4 is 16.2 Å². The highest BCUT2D eigenvalue weighted by molar-refractivity contribution is 5.84. The van der Waals surface area contributed by atoms with E-state index in [0.717, 1.165) is 12.1 Å². The van der Waals surface area contributed by atoms with E-state index in [1.54, 1.807) is 0 Å². The topological polar surface area (TPSA) is 121 Å². The van der Waals surface area contributed by atoms with Crippen LogP contribution in [0.1, 0.15) is 6.92 Å². The lowest BCUT2D eigenvalue weighted by atomic mass is 10.1. The Kier molecular flexibility index (Phi) is 3.82. The lowest BCUT2D eigenvalue weighted by Gasteiger charge is -2.20. The standard InChI is InChI=1S/C10H12FN3O4/c1-10(13,9(12)15)5-18-8-3-2-6(14(16)17)4-7(8)11/h2-4H,5,13H2,1H3,(H2,12,15). The number of primary amides is 1. The second kappa shape index (κ2) is 4.96. The number of benzene rings is 1. The van der Waals surface area contributed by atoms with E-state index in [2.05, 4.69) is 0 Å². The molecule has 0 fully saturated rings. The first-order valence-electron chi connectivity index (χ1n) is 4.89. The average Bonchev–Trinajstić information content (AvgIpc) is 2.26. The molecule has 1 aromatic rings. The van der Waals surface area contributed by atoms with Gasteiger partial charge < -0.3 is 16.2 Å². The van der Waals surface area contributed by atoms with Gasteiger partial charge in [0.05, 0.1) is 11.0 Å². The van der Waals surface area contributed by atoms with Gasteiger partial charge in [-0.3, -0.25) is 14.9 Å². The zero-order valence-corrected chi connectivity index (χ0v) is 9.55. The number of nitro groups is 1. The van der Waals surface area contributed by atoms with Crippen molar-refractivity contribution in [2.75, 3.05) is 6.61 Å². The normalized spacial score (nSPS) is 13.7. The van der Waals surface area contributed by atoms with E-state index >= 15 is 0 Å². The molecule has 4 N–H and O–H groups in total. The summed E-state index contributed by atoms with van der Waals surface area (Å²) in [5, 5.41) is 10.4. The summed E-state index contributed by atoms with van der Waals surface area (Å²) in [5.41, 5.74) is 8.67. The number of non-ortho nitro benzene ring substituents is 1. The van der Waals surface area contributed by atoms with E-state index in [1.807, 2.05) is 0 Å². The van der Waals surface area contributed by atoms with Gasteiger partial charge in [0.15, 0.2) is 11.6 Å². The van der Waals surface area contributed by atoms with E-state index in [1.165, 1.54) is 6.92 Å². The summed E-state index contributed by atoms with van der Waals surface area (Å²) in [6.07, 6.45) is 0. The third-order valence-corrected chi connectivity index (χ3v) is 2.22. The van der Waals surface area contributed by atoms with Crippen molar-refractivity contribution < 1.29 is 18.8 Å². The zero-order valence-electron chi connectivity index (χ0n) is 9.55. The van der Waals surface area contributed by atoms with E-state index in [0.29, 0.717) is 6.07 Å². The molecule has 8 heteroatoms. The van der Waals surface area contributed by atoms with E-state index in [9.17, 15) is 19.3 Å². The molecule has 1 atom stereocenters. The minimum atomic E-state index is -1.45. The predicted molar refractivity (Wildman–Crippen MR) is 60.3 cm³/mol. The van der Waals surface area contributed by atoms with Gasteiger partial charge in [-0.25, -0.2) is 4.39 Å². The van der Waals surface area contributed by atoms with Gasteiger partial charge in [0.1, 0.15) is 12.1 Å². The molecule has 1 unspecified atom stereocenters. The molecule has 0 aliphatic carbocycles. The zero-order chi connectivity index (χ0) is 13.9. The van der Waals surface area contributed by atoms with Gasteiger partial charge in [0.2, 0.25) is 5.91 Å². The van der Waals surface area contributed by atoms with Crippen molar-refractivity contribution in [1.82, 2.24) is 0 Å². The summed E-state index contributed by atoms with van der Waals surface area (Å²) >= 11 is 0. The molecule has 0 saturated carbocycles. The summed E-state index contributed by atoms with van der Waals surface area (Å²) in [5.74, 6) is -1.95. The predicted octanol–water partition coefficient (Wildman–Crippen LogP) is 0.315. The summed E-state index contributed by atoms with van der Waals surface area (Å²) in [4.78, 5) is 20.6. The molecular formula is C10H12FN3O4. The molecule has 0 saturated heterocycles. The first kappa shape index (κ1) is 13.8. The lowest BCUT2D eigenvalue weighted by Crippen LogP contribution is -2.53. The maximum absolute atomic E-state index is 13.4. The quantitative estimate of drug-likeness (QED) is 0.580. The summed E-state index contributed by atoms with van der Waals surface area (Å²) in [7, 11) is 0. The van der Waals surface area contributed by atoms with Gasteiger partial charge in [0.25, 0.3) is 5.69 Å². The van der Waals surface area contributed by atoms with Gasteiger partial charge in [-0.15, -0.1) is 0 Å². The Labute approximate surface area is 102 Å². The number of nitrogens with two attached hydrogens (primary N) is 2. The Bertz CT molecular complexity index is 490. The van der Waals surface area contributed by atoms with Crippen LogP contribution in [0.3, 0.4) is 0 Å². The molecule has 0 bridgehead atoms. The molecule has 18 heavy (non-hydrogen) atoms. The van der Waals surface area contributed by atoms with Crippen LogP contribution in [0.25, 0.3) is 0 Å². The van der Waals surface area contributed by atoms with Gasteiger partial charge in [-0.1, -0.05) is 0 Å². The number of halogens is 1. The number of carbonyl (C=O) groups excluding carboxylic acids is 1. The van der Waals surface area contributed by atoms with Crippen LogP contribution >= 0.6 is 0 Å². The fraction of sp³-hybridized carbons (Fsp3) is 0.300. The smallest absolute Gasteiger partial charge is 0.272 e. The van der Waals surface area contributed by atoms with E-state index < -0.39 is 27.9 Å². The Morgan fingerprint density at radius 1 is 1.61 bits per heavy atom. The third kappa shape index (κ3) is 3.14. The number of carbonyl (C=O) groups is 1. The van der Waals surface area contributed by atoms with Crippen LogP contribution in [-0.4, -0.2) is 23.0 Å². The van der Waals surface area contributed by atoms with Crippen LogP contribution in [-0.2, 0) is 4.79 Å². The van der Waals surface area contributed by atoms with Crippen LogP contribution in [0, 0.1) is 15.9 Å². The molecule has 0 aliphatic heterocycles. The van der Waals surface area contributed by atoms with Crippen molar-refractivity contribution in [2.24, 2.45) is 11.5 Å². The van der Waals surface area contributed by atoms with Crippen LogP contribution in [0.2, 0.25) is 0 Å². The number of ether oxygens (including phenoxy) is 1. The molecule has 98 valence electrons. The van der Waals surface area contributed by atoms with Crippen LogP contribution in [0.4, 0.5) is 10.1 Å². The number of hydrogen-bond donors (Lipinski definition) is 2. The molecule has 0 aromatic heterocycles. The summed E-state index contributed by atoms with van der Waals surface area (Å²) in [6.45, 7) is 0.996. The number of rotatable bonds is 5. The minimum Gasteiger partial charge on any atom is -0.488 e. The van der Waals surface area contributed by atoms with Crippen molar-refractivity contribution in [3.05, 3.63) is 34.1 Å². The average molecular weight is 257 g/mol. The van der Waals surface area contributed by atoms with Crippen molar-refractivity contribution >= 4 is 11.6 Å². The number of amides is 1. The molecule has 0 heterocycles. The summed E-state index contributed by atoms with van der Waals surface area (Å²) < 4.78 is 18.4. The molecule has 0 aliphatic rings. The molecule has 0 spiro atoms. The number of nitro benzene ring substituents is 1. The van der Waals surface area contributed by atoms with E-state index in [-0.39, 0.29) is 12.4 Å². The second-order valence-electron chi connectivity index (χ2n) is 3.94.